The van der Waals surface area contributed by atoms with Crippen molar-refractivity contribution in [3.8, 4) is 10.4 Å². The van der Waals surface area contributed by atoms with E-state index in [0.29, 0.717) is 0 Å². The molecule has 1 N–H and O–H groups in total. The molecule has 1 aliphatic heterocycles. The molecule has 0 saturated heterocycles. The summed E-state index contributed by atoms with van der Waals surface area (Å²) in [5.41, 5.74) is 2.55. The van der Waals surface area contributed by atoms with E-state index in [2.05, 4.69) is 46.9 Å². The first-order valence-corrected chi connectivity index (χ1v) is 7.55. The number of aliphatic imine (C=N–C) groups is 1. The highest BCUT2D eigenvalue weighted by Gasteiger charge is 2.16. The summed E-state index contributed by atoms with van der Waals surface area (Å²) in [6, 6.07) is 8.68. The molecule has 1 aromatic carbocycles. The van der Waals surface area contributed by atoms with E-state index in [4.69, 9.17) is 4.42 Å². The zero-order chi connectivity index (χ0) is 13.5. The third-order valence-corrected chi connectivity index (χ3v) is 4.60. The van der Waals surface area contributed by atoms with Crippen LogP contribution < -0.4 is 5.32 Å². The van der Waals surface area contributed by atoms with Crippen LogP contribution in [0.5, 0.6) is 0 Å². The number of nitrogens with zero attached hydrogens (tertiary/aromatic N) is 1. The van der Waals surface area contributed by atoms with Crippen molar-refractivity contribution in [2.24, 2.45) is 4.99 Å². The number of thiophene rings is 1. The van der Waals surface area contributed by atoms with Gasteiger partial charge in [0.1, 0.15) is 0 Å². The number of benzene rings is 1. The van der Waals surface area contributed by atoms with Gasteiger partial charge in [-0.15, -0.1) is 23.7 Å². The van der Waals surface area contributed by atoms with Crippen molar-refractivity contribution in [2.75, 3.05) is 13.1 Å². The molecular weight excluding hydrogens is 304 g/mol. The average Bonchev–Trinajstić information content (AvgIpc) is 3.17. The zero-order valence-corrected chi connectivity index (χ0v) is 13.2. The molecule has 0 spiro atoms. The van der Waals surface area contributed by atoms with Gasteiger partial charge in [-0.2, -0.15) is 0 Å². The molecule has 108 valence electrons. The van der Waals surface area contributed by atoms with Gasteiger partial charge in [-0.3, -0.25) is 4.99 Å². The SMILES string of the molecule is Cc1csc(-c2ccc3c(C4=NCCN4)occ3c2)c1.Cl. The Morgan fingerprint density at radius 2 is 2.19 bits per heavy atom. The van der Waals surface area contributed by atoms with Crippen molar-refractivity contribution in [1.82, 2.24) is 5.32 Å². The third kappa shape index (κ3) is 2.45. The molecule has 0 atom stereocenters. The lowest BCUT2D eigenvalue weighted by Gasteiger charge is -2.00. The van der Waals surface area contributed by atoms with Crippen molar-refractivity contribution in [2.45, 2.75) is 6.92 Å². The fraction of sp³-hybridized carbons (Fsp3) is 0.188. The monoisotopic (exact) mass is 318 g/mol. The standard InChI is InChI=1S/C16H14N2OS.ClH/c1-10-6-14(20-9-10)11-2-3-13-12(7-11)8-19-15(13)16-17-4-5-18-16;/h2-3,6-9H,4-5H2,1H3,(H,17,18);1H. The van der Waals surface area contributed by atoms with Crippen LogP contribution in [-0.4, -0.2) is 18.9 Å². The van der Waals surface area contributed by atoms with E-state index in [1.807, 2.05) is 6.26 Å². The number of furan rings is 1. The molecule has 3 heterocycles. The van der Waals surface area contributed by atoms with Crippen LogP contribution in [0.4, 0.5) is 0 Å². The highest BCUT2D eigenvalue weighted by Crippen LogP contribution is 2.31. The van der Waals surface area contributed by atoms with Crippen LogP contribution in [0.15, 0.2) is 45.3 Å². The number of amidine groups is 1. The molecule has 21 heavy (non-hydrogen) atoms. The average molecular weight is 319 g/mol. The van der Waals surface area contributed by atoms with Gasteiger partial charge in [0.15, 0.2) is 11.6 Å². The van der Waals surface area contributed by atoms with Crippen LogP contribution in [-0.2, 0) is 0 Å². The Balaban J connectivity index is 0.00000132. The molecule has 0 amide bonds. The van der Waals surface area contributed by atoms with Gasteiger partial charge >= 0.3 is 0 Å². The lowest BCUT2D eigenvalue weighted by Crippen LogP contribution is -2.18. The number of rotatable bonds is 2. The van der Waals surface area contributed by atoms with Crippen molar-refractivity contribution in [3.63, 3.8) is 0 Å². The highest BCUT2D eigenvalue weighted by atomic mass is 35.5. The molecule has 1 aliphatic rings. The predicted octanol–water partition coefficient (Wildman–Crippen LogP) is 4.24. The Labute approximate surface area is 133 Å². The minimum Gasteiger partial charge on any atom is -0.460 e. The largest absolute Gasteiger partial charge is 0.460 e. The van der Waals surface area contributed by atoms with E-state index in [9.17, 15) is 0 Å². The Hall–Kier alpha value is -1.78. The number of nitrogens with one attached hydrogen (secondary N) is 1. The first-order valence-electron chi connectivity index (χ1n) is 6.67. The fourth-order valence-corrected chi connectivity index (χ4v) is 3.42. The first kappa shape index (κ1) is 14.2. The summed E-state index contributed by atoms with van der Waals surface area (Å²) in [4.78, 5) is 5.72. The summed E-state index contributed by atoms with van der Waals surface area (Å²) in [6.45, 7) is 3.84. The summed E-state index contributed by atoms with van der Waals surface area (Å²) < 4.78 is 5.71. The summed E-state index contributed by atoms with van der Waals surface area (Å²) in [5.74, 6) is 1.73. The van der Waals surface area contributed by atoms with Gasteiger partial charge < -0.3 is 9.73 Å². The van der Waals surface area contributed by atoms with Crippen LogP contribution in [0.1, 0.15) is 11.3 Å². The zero-order valence-electron chi connectivity index (χ0n) is 11.6. The van der Waals surface area contributed by atoms with Gasteiger partial charge in [0.2, 0.25) is 0 Å². The molecule has 3 aromatic rings. The molecule has 0 unspecified atom stereocenters. The van der Waals surface area contributed by atoms with Crippen molar-refractivity contribution in [3.05, 3.63) is 47.2 Å². The van der Waals surface area contributed by atoms with Crippen LogP contribution in [0.3, 0.4) is 0 Å². The van der Waals surface area contributed by atoms with Gasteiger partial charge in [0, 0.05) is 22.2 Å². The maximum absolute atomic E-state index is 5.71. The number of fused-ring (bicyclic) bond motifs is 1. The lowest BCUT2D eigenvalue weighted by atomic mass is 10.1. The molecule has 0 aliphatic carbocycles. The minimum atomic E-state index is 0. The third-order valence-electron chi connectivity index (χ3n) is 3.50. The molecule has 0 saturated carbocycles. The van der Waals surface area contributed by atoms with E-state index in [0.717, 1.165) is 35.5 Å². The summed E-state index contributed by atoms with van der Waals surface area (Å²) in [5, 5.41) is 7.68. The molecule has 0 radical (unpaired) electrons. The Kier molecular flexibility index (Phi) is 3.74. The molecular formula is C16H15ClN2OS. The number of hydrogen-bond acceptors (Lipinski definition) is 4. The second-order valence-electron chi connectivity index (χ2n) is 5.01. The van der Waals surface area contributed by atoms with Gasteiger partial charge in [0.25, 0.3) is 0 Å². The summed E-state index contributed by atoms with van der Waals surface area (Å²) in [7, 11) is 0. The fourth-order valence-electron chi connectivity index (χ4n) is 2.52. The van der Waals surface area contributed by atoms with Gasteiger partial charge in [-0.05, 0) is 41.6 Å². The van der Waals surface area contributed by atoms with Crippen molar-refractivity contribution in [1.29, 1.82) is 0 Å². The van der Waals surface area contributed by atoms with Gasteiger partial charge in [-0.25, -0.2) is 0 Å². The Bertz CT molecular complexity index is 819. The van der Waals surface area contributed by atoms with E-state index in [1.165, 1.54) is 16.0 Å². The quantitative estimate of drug-likeness (QED) is 0.767. The van der Waals surface area contributed by atoms with Crippen LogP contribution >= 0.6 is 23.7 Å². The molecule has 4 rings (SSSR count). The normalized spacial score (nSPS) is 13.9. The smallest absolute Gasteiger partial charge is 0.176 e. The van der Waals surface area contributed by atoms with Crippen LogP contribution in [0, 0.1) is 6.92 Å². The number of halogens is 1. The summed E-state index contributed by atoms with van der Waals surface area (Å²) in [6.07, 6.45) is 1.82. The van der Waals surface area contributed by atoms with Crippen molar-refractivity contribution >= 4 is 40.4 Å². The second kappa shape index (κ2) is 5.54. The molecule has 0 bridgehead atoms. The molecule has 0 fully saturated rings. The first-order chi connectivity index (χ1) is 9.81. The maximum atomic E-state index is 5.71. The Morgan fingerprint density at radius 1 is 1.29 bits per heavy atom. The molecule has 3 nitrogen and oxygen atoms in total. The van der Waals surface area contributed by atoms with Gasteiger partial charge in [-0.1, -0.05) is 6.07 Å². The Morgan fingerprint density at radius 3 is 2.90 bits per heavy atom. The van der Waals surface area contributed by atoms with E-state index in [1.54, 1.807) is 11.3 Å². The lowest BCUT2D eigenvalue weighted by molar-refractivity contribution is 0.560. The van der Waals surface area contributed by atoms with Crippen LogP contribution in [0.2, 0.25) is 0 Å². The maximum Gasteiger partial charge on any atom is 0.176 e. The highest BCUT2D eigenvalue weighted by molar-refractivity contribution is 7.13. The predicted molar refractivity (Wildman–Crippen MR) is 90.9 cm³/mol. The van der Waals surface area contributed by atoms with E-state index in [-0.39, 0.29) is 12.4 Å². The van der Waals surface area contributed by atoms with Gasteiger partial charge in [0.05, 0.1) is 12.8 Å². The van der Waals surface area contributed by atoms with E-state index >= 15 is 0 Å². The topological polar surface area (TPSA) is 37.5 Å². The second-order valence-corrected chi connectivity index (χ2v) is 5.92. The summed E-state index contributed by atoms with van der Waals surface area (Å²) >= 11 is 1.78. The number of aryl methyl sites for hydroxylation is 1. The van der Waals surface area contributed by atoms with E-state index < -0.39 is 0 Å². The molecule has 5 heteroatoms. The van der Waals surface area contributed by atoms with Crippen LogP contribution in [0.25, 0.3) is 21.2 Å². The minimum absolute atomic E-state index is 0. The number of hydrogen-bond donors (Lipinski definition) is 1. The molecule has 2 aromatic heterocycles. The van der Waals surface area contributed by atoms with Crippen molar-refractivity contribution < 1.29 is 4.42 Å².